The second kappa shape index (κ2) is 4.65. The predicted molar refractivity (Wildman–Crippen MR) is 54.1 cm³/mol. The molecule has 0 radical (unpaired) electrons. The lowest BCUT2D eigenvalue weighted by molar-refractivity contribution is -0.134. The van der Waals surface area contributed by atoms with Crippen molar-refractivity contribution in [3.05, 3.63) is 0 Å². The molecule has 1 heterocycles. The van der Waals surface area contributed by atoms with Crippen LogP contribution in [-0.2, 0) is 9.53 Å². The van der Waals surface area contributed by atoms with Crippen LogP contribution in [0.1, 0.15) is 12.8 Å². The Morgan fingerprint density at radius 3 is 2.85 bits per heavy atom. The van der Waals surface area contributed by atoms with Crippen LogP contribution < -0.4 is 0 Å². The lowest BCUT2D eigenvalue weighted by atomic mass is 9.48. The van der Waals surface area contributed by atoms with Crippen molar-refractivity contribution >= 4 is 12.6 Å². The van der Waals surface area contributed by atoms with Gasteiger partial charge in [-0.2, -0.15) is 0 Å². The molecule has 0 spiro atoms. The molecule has 1 fully saturated rings. The maximum absolute atomic E-state index is 11.6. The van der Waals surface area contributed by atoms with E-state index < -0.39 is 0 Å². The molecule has 4 heteroatoms. The molecular weight excluding hydrogens is 165 g/mol. The molecule has 1 aliphatic rings. The summed E-state index contributed by atoms with van der Waals surface area (Å²) in [7, 11) is 1.57. The number of hydrogen-bond acceptors (Lipinski definition) is 2. The van der Waals surface area contributed by atoms with Crippen molar-refractivity contribution in [1.29, 1.82) is 0 Å². The lowest BCUT2D eigenvalue weighted by Crippen LogP contribution is -2.44. The first kappa shape index (κ1) is 10.6. The summed E-state index contributed by atoms with van der Waals surface area (Å²) in [5.41, 5.74) is 0. The summed E-state index contributed by atoms with van der Waals surface area (Å²) in [4.78, 5) is 13.5. The zero-order valence-electron chi connectivity index (χ0n) is 8.75. The molecule has 74 valence electrons. The van der Waals surface area contributed by atoms with Crippen molar-refractivity contribution in [2.45, 2.75) is 32.4 Å². The number of carbonyl (C=O) groups excluding carboxylic acids is 1. The van der Waals surface area contributed by atoms with E-state index in [2.05, 4.69) is 13.6 Å². The van der Waals surface area contributed by atoms with Gasteiger partial charge in [0.25, 0.3) is 0 Å². The molecule has 1 unspecified atom stereocenters. The van der Waals surface area contributed by atoms with E-state index in [0.717, 1.165) is 19.4 Å². The van der Waals surface area contributed by atoms with Crippen molar-refractivity contribution in [1.82, 2.24) is 4.90 Å². The van der Waals surface area contributed by atoms with E-state index in [-0.39, 0.29) is 12.5 Å². The van der Waals surface area contributed by atoms with E-state index in [9.17, 15) is 4.79 Å². The number of hydrogen-bond donors (Lipinski definition) is 0. The quantitative estimate of drug-likeness (QED) is 0.609. The third-order valence-corrected chi connectivity index (χ3v) is 2.66. The van der Waals surface area contributed by atoms with Gasteiger partial charge in [0.1, 0.15) is 6.61 Å². The van der Waals surface area contributed by atoms with Crippen LogP contribution >= 0.6 is 0 Å². The highest BCUT2D eigenvalue weighted by molar-refractivity contribution is 6.57. The van der Waals surface area contributed by atoms with E-state index in [4.69, 9.17) is 4.74 Å². The Bertz CT molecular complexity index is 184. The van der Waals surface area contributed by atoms with Gasteiger partial charge in [-0.3, -0.25) is 4.79 Å². The van der Waals surface area contributed by atoms with Gasteiger partial charge < -0.3 is 9.64 Å². The summed E-state index contributed by atoms with van der Waals surface area (Å²) >= 11 is 0. The van der Waals surface area contributed by atoms with Crippen LogP contribution in [0.2, 0.25) is 13.6 Å². The highest BCUT2D eigenvalue weighted by Gasteiger charge is 2.31. The van der Waals surface area contributed by atoms with Crippen LogP contribution in [0.4, 0.5) is 0 Å². The SMILES string of the molecule is COCC(=O)N1CCCC1B(C)C. The summed E-state index contributed by atoms with van der Waals surface area (Å²) < 4.78 is 4.85. The highest BCUT2D eigenvalue weighted by atomic mass is 16.5. The molecule has 1 atom stereocenters. The normalized spacial score (nSPS) is 22.1. The van der Waals surface area contributed by atoms with Crippen molar-refractivity contribution < 1.29 is 9.53 Å². The summed E-state index contributed by atoms with van der Waals surface area (Å²) in [6, 6.07) is 0. The Morgan fingerprint density at radius 1 is 1.62 bits per heavy atom. The maximum atomic E-state index is 11.6. The molecule has 0 aromatic carbocycles. The molecular formula is C9H18BNO2. The van der Waals surface area contributed by atoms with Crippen LogP contribution in [0.5, 0.6) is 0 Å². The maximum Gasteiger partial charge on any atom is 0.248 e. The summed E-state index contributed by atoms with van der Waals surface area (Å²) in [6.07, 6.45) is 2.28. The van der Waals surface area contributed by atoms with E-state index in [1.807, 2.05) is 4.90 Å². The van der Waals surface area contributed by atoms with Gasteiger partial charge in [0.15, 0.2) is 6.71 Å². The average Bonchev–Trinajstić information content (AvgIpc) is 2.52. The fraction of sp³-hybridized carbons (Fsp3) is 0.889. The molecule has 1 aliphatic heterocycles. The third kappa shape index (κ3) is 2.47. The zero-order valence-corrected chi connectivity index (χ0v) is 8.75. The molecule has 0 bridgehead atoms. The summed E-state index contributed by atoms with van der Waals surface area (Å²) in [5, 5.41) is 0. The number of carbonyl (C=O) groups is 1. The Labute approximate surface area is 80.5 Å². The van der Waals surface area contributed by atoms with Crippen molar-refractivity contribution in [2.24, 2.45) is 0 Å². The first-order chi connectivity index (χ1) is 6.16. The topological polar surface area (TPSA) is 29.5 Å². The second-order valence-corrected chi connectivity index (χ2v) is 3.97. The van der Waals surface area contributed by atoms with Crippen LogP contribution in [0, 0.1) is 0 Å². The Kier molecular flexibility index (Phi) is 3.79. The van der Waals surface area contributed by atoms with Crippen LogP contribution in [0.25, 0.3) is 0 Å². The third-order valence-electron chi connectivity index (χ3n) is 2.66. The van der Waals surface area contributed by atoms with Crippen LogP contribution in [0.3, 0.4) is 0 Å². The molecule has 0 aromatic heterocycles. The lowest BCUT2D eigenvalue weighted by Gasteiger charge is -2.26. The molecule has 1 amide bonds. The largest absolute Gasteiger partial charge is 0.375 e. The number of rotatable bonds is 3. The predicted octanol–water partition coefficient (Wildman–Crippen LogP) is 0.917. The number of ether oxygens (including phenoxy) is 1. The Balaban J connectivity index is 2.52. The van der Waals surface area contributed by atoms with Crippen molar-refractivity contribution in [2.75, 3.05) is 20.3 Å². The standard InChI is InChI=1S/C9H18BNO2/c1-10(2)8-5-4-6-11(8)9(12)7-13-3/h8H,4-7H2,1-3H3. The molecule has 3 nitrogen and oxygen atoms in total. The van der Waals surface area contributed by atoms with Crippen LogP contribution in [-0.4, -0.2) is 43.7 Å². The smallest absolute Gasteiger partial charge is 0.248 e. The highest BCUT2D eigenvalue weighted by Crippen LogP contribution is 2.19. The number of nitrogens with zero attached hydrogens (tertiary/aromatic N) is 1. The fourth-order valence-corrected chi connectivity index (χ4v) is 2.00. The average molecular weight is 183 g/mol. The minimum atomic E-state index is 0.138. The van der Waals surface area contributed by atoms with Crippen LogP contribution in [0.15, 0.2) is 0 Å². The molecule has 0 saturated carbocycles. The summed E-state index contributed by atoms with van der Waals surface area (Å²) in [6.45, 7) is 6.03. The molecule has 1 rings (SSSR count). The van der Waals surface area contributed by atoms with E-state index in [1.165, 1.54) is 0 Å². The molecule has 13 heavy (non-hydrogen) atoms. The second-order valence-electron chi connectivity index (χ2n) is 3.97. The van der Waals surface area contributed by atoms with E-state index in [1.54, 1.807) is 7.11 Å². The number of amides is 1. The van der Waals surface area contributed by atoms with Gasteiger partial charge in [-0.05, 0) is 12.8 Å². The molecule has 0 aliphatic carbocycles. The van der Waals surface area contributed by atoms with Gasteiger partial charge in [-0.1, -0.05) is 13.6 Å². The van der Waals surface area contributed by atoms with Gasteiger partial charge in [0.2, 0.25) is 5.91 Å². The Hall–Kier alpha value is -0.505. The van der Waals surface area contributed by atoms with E-state index >= 15 is 0 Å². The molecule has 1 saturated heterocycles. The first-order valence-corrected chi connectivity index (χ1v) is 4.95. The molecule has 0 N–H and O–H groups in total. The first-order valence-electron chi connectivity index (χ1n) is 4.95. The van der Waals surface area contributed by atoms with E-state index in [0.29, 0.717) is 12.7 Å². The van der Waals surface area contributed by atoms with Gasteiger partial charge in [-0.25, -0.2) is 0 Å². The number of likely N-dealkylation sites (tertiary alicyclic amines) is 1. The minimum absolute atomic E-state index is 0.138. The van der Waals surface area contributed by atoms with Gasteiger partial charge in [0, 0.05) is 19.6 Å². The zero-order chi connectivity index (χ0) is 9.84. The fourth-order valence-electron chi connectivity index (χ4n) is 2.00. The van der Waals surface area contributed by atoms with Gasteiger partial charge >= 0.3 is 0 Å². The summed E-state index contributed by atoms with van der Waals surface area (Å²) in [5.74, 6) is 0.571. The molecule has 0 aromatic rings. The number of methoxy groups -OCH3 is 1. The van der Waals surface area contributed by atoms with Gasteiger partial charge in [0.05, 0.1) is 0 Å². The van der Waals surface area contributed by atoms with Crippen molar-refractivity contribution in [3.63, 3.8) is 0 Å². The monoisotopic (exact) mass is 183 g/mol. The van der Waals surface area contributed by atoms with Gasteiger partial charge in [-0.15, -0.1) is 0 Å². The minimum Gasteiger partial charge on any atom is -0.375 e. The Morgan fingerprint density at radius 2 is 2.31 bits per heavy atom. The van der Waals surface area contributed by atoms with Crippen molar-refractivity contribution in [3.8, 4) is 0 Å².